The molecular formula is C19H20N4O3S. The van der Waals surface area contributed by atoms with Gasteiger partial charge < -0.3 is 4.52 Å². The van der Waals surface area contributed by atoms with Crippen LogP contribution in [0.2, 0.25) is 0 Å². The highest BCUT2D eigenvalue weighted by atomic mass is 32.2. The van der Waals surface area contributed by atoms with Gasteiger partial charge >= 0.3 is 0 Å². The summed E-state index contributed by atoms with van der Waals surface area (Å²) in [5.74, 6) is 0.228. The summed E-state index contributed by atoms with van der Waals surface area (Å²) in [4.78, 5) is 30.0. The molecule has 8 heteroatoms. The standard InChI is InChI=1S/C19H20N4O3S/c1-12-10-17(26-22-12)21-16(24)11-27-19-20-15-9-5-4-8-14(15)18(25)23(19)13-6-2-3-7-13/h4-5,8-10,13H,2-3,6-7,11H2,1H3,(H,21,24). The first kappa shape index (κ1) is 17.8. The summed E-state index contributed by atoms with van der Waals surface area (Å²) >= 11 is 1.27. The van der Waals surface area contributed by atoms with E-state index in [2.05, 4.69) is 15.5 Å². The number of aromatic nitrogens is 3. The molecule has 0 bridgehead atoms. The maximum absolute atomic E-state index is 13.1. The Hall–Kier alpha value is -2.61. The molecule has 7 nitrogen and oxygen atoms in total. The summed E-state index contributed by atoms with van der Waals surface area (Å²) in [5, 5.41) is 7.63. The van der Waals surface area contributed by atoms with Gasteiger partial charge in [0.25, 0.3) is 5.56 Å². The first-order chi connectivity index (χ1) is 13.1. The minimum Gasteiger partial charge on any atom is -0.338 e. The SMILES string of the molecule is Cc1cc(NC(=O)CSc2nc3ccccc3c(=O)n2C2CCCC2)on1. The number of nitrogens with one attached hydrogen (secondary N) is 1. The highest BCUT2D eigenvalue weighted by Gasteiger charge is 2.23. The van der Waals surface area contributed by atoms with Crippen molar-refractivity contribution in [2.45, 2.75) is 43.8 Å². The van der Waals surface area contributed by atoms with Gasteiger partial charge in [-0.3, -0.25) is 19.5 Å². The van der Waals surface area contributed by atoms with E-state index in [-0.39, 0.29) is 23.3 Å². The van der Waals surface area contributed by atoms with E-state index in [1.807, 2.05) is 24.3 Å². The fourth-order valence-corrected chi connectivity index (χ4v) is 4.30. The zero-order valence-electron chi connectivity index (χ0n) is 15.0. The molecule has 1 saturated carbocycles. The Kier molecular flexibility index (Phi) is 4.98. The van der Waals surface area contributed by atoms with E-state index in [4.69, 9.17) is 4.52 Å². The molecule has 0 spiro atoms. The number of nitrogens with zero attached hydrogens (tertiary/aromatic N) is 3. The lowest BCUT2D eigenvalue weighted by Gasteiger charge is -2.18. The minimum absolute atomic E-state index is 0.0266. The Morgan fingerprint density at radius 2 is 2.11 bits per heavy atom. The van der Waals surface area contributed by atoms with E-state index in [1.165, 1.54) is 11.8 Å². The lowest BCUT2D eigenvalue weighted by molar-refractivity contribution is -0.113. The molecule has 2 heterocycles. The average Bonchev–Trinajstić information content (AvgIpc) is 3.32. The number of anilines is 1. The van der Waals surface area contributed by atoms with E-state index in [1.54, 1.807) is 17.6 Å². The molecule has 3 aromatic rings. The van der Waals surface area contributed by atoms with Crippen LogP contribution in [0.4, 0.5) is 5.88 Å². The predicted octanol–water partition coefficient (Wildman–Crippen LogP) is 3.54. The summed E-state index contributed by atoms with van der Waals surface area (Å²) in [5.41, 5.74) is 1.33. The Bertz CT molecular complexity index is 1040. The van der Waals surface area contributed by atoms with Crippen molar-refractivity contribution in [3.05, 3.63) is 46.4 Å². The topological polar surface area (TPSA) is 90.0 Å². The van der Waals surface area contributed by atoms with Crippen LogP contribution < -0.4 is 10.9 Å². The van der Waals surface area contributed by atoms with Gasteiger partial charge in [0, 0.05) is 12.1 Å². The van der Waals surface area contributed by atoms with Crippen LogP contribution in [0.5, 0.6) is 0 Å². The fourth-order valence-electron chi connectivity index (χ4n) is 3.44. The molecule has 0 unspecified atom stereocenters. The zero-order valence-corrected chi connectivity index (χ0v) is 15.8. The summed E-state index contributed by atoms with van der Waals surface area (Å²) < 4.78 is 6.79. The van der Waals surface area contributed by atoms with E-state index in [0.717, 1.165) is 25.7 Å². The van der Waals surface area contributed by atoms with Crippen molar-refractivity contribution in [1.82, 2.24) is 14.7 Å². The molecule has 140 valence electrons. The van der Waals surface area contributed by atoms with Crippen LogP contribution >= 0.6 is 11.8 Å². The molecule has 4 rings (SSSR count). The number of rotatable bonds is 5. The number of fused-ring (bicyclic) bond motifs is 1. The highest BCUT2D eigenvalue weighted by Crippen LogP contribution is 2.32. The van der Waals surface area contributed by atoms with E-state index in [9.17, 15) is 9.59 Å². The molecule has 1 aliphatic rings. The van der Waals surface area contributed by atoms with Crippen molar-refractivity contribution in [3.8, 4) is 0 Å². The molecule has 0 aliphatic heterocycles. The number of hydrogen-bond donors (Lipinski definition) is 1. The molecule has 1 N–H and O–H groups in total. The predicted molar refractivity (Wildman–Crippen MR) is 104 cm³/mol. The first-order valence-electron chi connectivity index (χ1n) is 8.99. The average molecular weight is 384 g/mol. The Morgan fingerprint density at radius 1 is 1.33 bits per heavy atom. The second-order valence-corrected chi connectivity index (χ2v) is 7.64. The van der Waals surface area contributed by atoms with Gasteiger partial charge in [0.2, 0.25) is 11.8 Å². The maximum Gasteiger partial charge on any atom is 0.262 e. The number of carbonyl (C=O) groups is 1. The number of para-hydroxylation sites is 1. The number of amides is 1. The van der Waals surface area contributed by atoms with Gasteiger partial charge in [0.15, 0.2) is 5.16 Å². The molecule has 27 heavy (non-hydrogen) atoms. The van der Waals surface area contributed by atoms with Crippen molar-refractivity contribution >= 4 is 34.5 Å². The van der Waals surface area contributed by atoms with Crippen molar-refractivity contribution in [3.63, 3.8) is 0 Å². The first-order valence-corrected chi connectivity index (χ1v) is 9.97. The second-order valence-electron chi connectivity index (χ2n) is 6.69. The van der Waals surface area contributed by atoms with Crippen molar-refractivity contribution in [1.29, 1.82) is 0 Å². The third-order valence-corrected chi connectivity index (χ3v) is 5.64. The third kappa shape index (κ3) is 3.75. The maximum atomic E-state index is 13.1. The Labute approximate surface area is 160 Å². The van der Waals surface area contributed by atoms with Gasteiger partial charge in [-0.05, 0) is 31.9 Å². The molecule has 0 atom stereocenters. The molecule has 2 aromatic heterocycles. The summed E-state index contributed by atoms with van der Waals surface area (Å²) in [6.45, 7) is 1.78. The fraction of sp³-hybridized carbons (Fsp3) is 0.368. The van der Waals surface area contributed by atoms with E-state index in [0.29, 0.717) is 27.6 Å². The van der Waals surface area contributed by atoms with Gasteiger partial charge in [-0.1, -0.05) is 41.9 Å². The van der Waals surface area contributed by atoms with Crippen molar-refractivity contribution in [2.75, 3.05) is 11.1 Å². The van der Waals surface area contributed by atoms with Gasteiger partial charge in [0.05, 0.1) is 22.3 Å². The second kappa shape index (κ2) is 7.56. The van der Waals surface area contributed by atoms with E-state index >= 15 is 0 Å². The molecule has 1 aromatic carbocycles. The molecular weight excluding hydrogens is 364 g/mol. The van der Waals surface area contributed by atoms with Gasteiger partial charge in [-0.15, -0.1) is 0 Å². The molecule has 1 fully saturated rings. The molecule has 1 amide bonds. The van der Waals surface area contributed by atoms with Crippen molar-refractivity contribution in [2.24, 2.45) is 0 Å². The van der Waals surface area contributed by atoms with Crippen LogP contribution in [-0.2, 0) is 4.79 Å². The monoisotopic (exact) mass is 384 g/mol. The van der Waals surface area contributed by atoms with Crippen LogP contribution in [0.1, 0.15) is 37.4 Å². The number of hydrogen-bond acceptors (Lipinski definition) is 6. The molecule has 0 saturated heterocycles. The summed E-state index contributed by atoms with van der Waals surface area (Å²) in [6.07, 6.45) is 4.16. The quantitative estimate of drug-likeness (QED) is 0.534. The van der Waals surface area contributed by atoms with Crippen LogP contribution in [0.3, 0.4) is 0 Å². The van der Waals surface area contributed by atoms with Gasteiger partial charge in [0.1, 0.15) is 0 Å². The van der Waals surface area contributed by atoms with E-state index < -0.39 is 0 Å². The van der Waals surface area contributed by atoms with Crippen LogP contribution in [0.15, 0.2) is 44.8 Å². The minimum atomic E-state index is -0.225. The number of benzene rings is 1. The summed E-state index contributed by atoms with van der Waals surface area (Å²) in [7, 11) is 0. The summed E-state index contributed by atoms with van der Waals surface area (Å²) in [6, 6.07) is 9.16. The van der Waals surface area contributed by atoms with Crippen LogP contribution in [-0.4, -0.2) is 26.4 Å². The van der Waals surface area contributed by atoms with Gasteiger partial charge in [-0.25, -0.2) is 4.98 Å². The lowest BCUT2D eigenvalue weighted by atomic mass is 10.2. The molecule has 0 radical (unpaired) electrons. The largest absolute Gasteiger partial charge is 0.338 e. The van der Waals surface area contributed by atoms with Crippen LogP contribution in [0, 0.1) is 6.92 Å². The smallest absolute Gasteiger partial charge is 0.262 e. The highest BCUT2D eigenvalue weighted by molar-refractivity contribution is 7.99. The van der Waals surface area contributed by atoms with Gasteiger partial charge in [-0.2, -0.15) is 0 Å². The number of carbonyl (C=O) groups excluding carboxylic acids is 1. The Balaban J connectivity index is 1.60. The normalized spacial score (nSPS) is 14.7. The lowest BCUT2D eigenvalue weighted by Crippen LogP contribution is -2.27. The number of aryl methyl sites for hydroxylation is 1. The third-order valence-electron chi connectivity index (χ3n) is 4.69. The Morgan fingerprint density at radius 3 is 2.85 bits per heavy atom. The number of thioether (sulfide) groups is 1. The van der Waals surface area contributed by atoms with Crippen LogP contribution in [0.25, 0.3) is 10.9 Å². The zero-order chi connectivity index (χ0) is 18.8. The van der Waals surface area contributed by atoms with Crippen molar-refractivity contribution < 1.29 is 9.32 Å². The molecule has 1 aliphatic carbocycles.